The molecule has 0 aliphatic rings. The first-order valence-corrected chi connectivity index (χ1v) is 8.98. The quantitative estimate of drug-likeness (QED) is 0.809. The van der Waals surface area contributed by atoms with E-state index in [1.807, 2.05) is 11.3 Å². The summed E-state index contributed by atoms with van der Waals surface area (Å²) in [5, 5.41) is 7.06. The zero-order valence-electron chi connectivity index (χ0n) is 13.0. The Balaban J connectivity index is 2.33. The first-order valence-electron chi connectivity index (χ1n) is 7.28. The van der Waals surface area contributed by atoms with Gasteiger partial charge in [-0.3, -0.25) is 0 Å². The summed E-state index contributed by atoms with van der Waals surface area (Å²) < 4.78 is 0. The molecule has 0 bridgehead atoms. The van der Waals surface area contributed by atoms with E-state index in [0.29, 0.717) is 5.92 Å². The minimum absolute atomic E-state index is 0.248. The number of nitrogens with one attached hydrogen (secondary N) is 1. The Morgan fingerprint density at radius 2 is 2.05 bits per heavy atom. The number of nitrogens with zero attached hydrogens (tertiary/aromatic N) is 1. The Morgan fingerprint density at radius 1 is 1.30 bits per heavy atom. The van der Waals surface area contributed by atoms with Crippen LogP contribution in [0.25, 0.3) is 0 Å². The number of hydrogen-bond donors (Lipinski definition) is 1. The first-order chi connectivity index (χ1) is 9.52. The van der Waals surface area contributed by atoms with Gasteiger partial charge in [-0.25, -0.2) is 4.98 Å². The van der Waals surface area contributed by atoms with Crippen molar-refractivity contribution in [1.82, 2.24) is 10.3 Å². The zero-order chi connectivity index (χ0) is 14.7. The number of rotatable bonds is 6. The summed E-state index contributed by atoms with van der Waals surface area (Å²) in [7, 11) is 0. The lowest BCUT2D eigenvalue weighted by Crippen LogP contribution is -2.23. The molecule has 0 spiro atoms. The fourth-order valence-corrected chi connectivity index (χ4v) is 4.29. The van der Waals surface area contributed by atoms with Crippen LogP contribution in [-0.4, -0.2) is 11.5 Å². The van der Waals surface area contributed by atoms with Crippen LogP contribution in [0.2, 0.25) is 0 Å². The van der Waals surface area contributed by atoms with Crippen LogP contribution in [0.15, 0.2) is 11.4 Å². The van der Waals surface area contributed by atoms with Gasteiger partial charge in [0.25, 0.3) is 0 Å². The highest BCUT2D eigenvalue weighted by atomic mass is 32.1. The van der Waals surface area contributed by atoms with E-state index in [-0.39, 0.29) is 6.04 Å². The SMILES string of the molecule is CCCNC(c1nc(C(C)C)cs1)c1cc(C)sc1C. The molecule has 1 N–H and O–H groups in total. The van der Waals surface area contributed by atoms with Crippen molar-refractivity contribution in [3.8, 4) is 0 Å². The minimum atomic E-state index is 0.248. The van der Waals surface area contributed by atoms with E-state index in [2.05, 4.69) is 51.4 Å². The second-order valence-corrected chi connectivity index (χ2v) is 7.87. The third kappa shape index (κ3) is 3.48. The van der Waals surface area contributed by atoms with Gasteiger partial charge < -0.3 is 5.32 Å². The molecule has 110 valence electrons. The average Bonchev–Trinajstić information content (AvgIpc) is 2.98. The molecule has 2 nitrogen and oxygen atoms in total. The largest absolute Gasteiger partial charge is 0.304 e. The summed E-state index contributed by atoms with van der Waals surface area (Å²) in [6.45, 7) is 12.0. The maximum atomic E-state index is 4.85. The molecule has 2 rings (SSSR count). The van der Waals surface area contributed by atoms with Gasteiger partial charge in [0, 0.05) is 15.1 Å². The van der Waals surface area contributed by atoms with Gasteiger partial charge in [0.1, 0.15) is 5.01 Å². The third-order valence-corrected chi connectivity index (χ3v) is 5.28. The molecule has 0 aliphatic heterocycles. The molecule has 2 aromatic rings. The lowest BCUT2D eigenvalue weighted by molar-refractivity contribution is 0.592. The van der Waals surface area contributed by atoms with Crippen molar-refractivity contribution >= 4 is 22.7 Å². The molecule has 0 aromatic carbocycles. The van der Waals surface area contributed by atoms with Gasteiger partial charge in [-0.1, -0.05) is 20.8 Å². The second kappa shape index (κ2) is 6.83. The smallest absolute Gasteiger partial charge is 0.114 e. The van der Waals surface area contributed by atoms with E-state index >= 15 is 0 Å². The minimum Gasteiger partial charge on any atom is -0.304 e. The Hall–Kier alpha value is -0.710. The summed E-state index contributed by atoms with van der Waals surface area (Å²) in [6.07, 6.45) is 1.14. The summed E-state index contributed by atoms with van der Waals surface area (Å²) in [5.41, 5.74) is 2.60. The summed E-state index contributed by atoms with van der Waals surface area (Å²) in [6, 6.07) is 2.56. The summed E-state index contributed by atoms with van der Waals surface area (Å²) in [4.78, 5) is 7.63. The van der Waals surface area contributed by atoms with Crippen molar-refractivity contribution in [3.05, 3.63) is 37.5 Å². The molecule has 0 radical (unpaired) electrons. The van der Waals surface area contributed by atoms with E-state index in [4.69, 9.17) is 4.98 Å². The highest BCUT2D eigenvalue weighted by Gasteiger charge is 2.21. The molecule has 20 heavy (non-hydrogen) atoms. The molecule has 4 heteroatoms. The van der Waals surface area contributed by atoms with E-state index in [1.165, 1.54) is 26.0 Å². The molecule has 1 atom stereocenters. The Kier molecular flexibility index (Phi) is 5.35. The Morgan fingerprint density at radius 3 is 2.55 bits per heavy atom. The predicted octanol–water partition coefficient (Wildman–Crippen LogP) is 5.03. The van der Waals surface area contributed by atoms with Crippen molar-refractivity contribution in [2.75, 3.05) is 6.54 Å². The van der Waals surface area contributed by atoms with Gasteiger partial charge in [-0.05, 0) is 44.4 Å². The van der Waals surface area contributed by atoms with Crippen molar-refractivity contribution in [2.45, 2.75) is 53.0 Å². The highest BCUT2D eigenvalue weighted by Crippen LogP contribution is 2.33. The molecule has 2 heterocycles. The van der Waals surface area contributed by atoms with Gasteiger partial charge in [0.05, 0.1) is 11.7 Å². The van der Waals surface area contributed by atoms with Gasteiger partial charge in [0.15, 0.2) is 0 Å². The van der Waals surface area contributed by atoms with Crippen molar-refractivity contribution < 1.29 is 0 Å². The number of thiazole rings is 1. The van der Waals surface area contributed by atoms with E-state index < -0.39 is 0 Å². The molecular weight excluding hydrogens is 284 g/mol. The van der Waals surface area contributed by atoms with Crippen LogP contribution in [0.3, 0.4) is 0 Å². The molecule has 0 fully saturated rings. The van der Waals surface area contributed by atoms with Crippen LogP contribution in [0.5, 0.6) is 0 Å². The van der Waals surface area contributed by atoms with Gasteiger partial charge in [0.2, 0.25) is 0 Å². The zero-order valence-corrected chi connectivity index (χ0v) is 14.6. The van der Waals surface area contributed by atoms with Gasteiger partial charge in [-0.2, -0.15) is 0 Å². The lowest BCUT2D eigenvalue weighted by atomic mass is 10.1. The summed E-state index contributed by atoms with van der Waals surface area (Å²) >= 11 is 3.66. The highest BCUT2D eigenvalue weighted by molar-refractivity contribution is 7.12. The number of aromatic nitrogens is 1. The van der Waals surface area contributed by atoms with Crippen LogP contribution in [0, 0.1) is 13.8 Å². The van der Waals surface area contributed by atoms with E-state index in [9.17, 15) is 0 Å². The average molecular weight is 309 g/mol. The molecule has 0 aliphatic carbocycles. The molecular formula is C16H24N2S2. The number of aryl methyl sites for hydroxylation is 2. The molecule has 2 aromatic heterocycles. The maximum Gasteiger partial charge on any atom is 0.114 e. The predicted molar refractivity (Wildman–Crippen MR) is 90.1 cm³/mol. The topological polar surface area (TPSA) is 24.9 Å². The molecule has 0 saturated carbocycles. The van der Waals surface area contributed by atoms with Crippen LogP contribution in [0.1, 0.15) is 65.2 Å². The third-order valence-electron chi connectivity index (χ3n) is 3.37. The first kappa shape index (κ1) is 15.7. The van der Waals surface area contributed by atoms with Crippen molar-refractivity contribution in [2.24, 2.45) is 0 Å². The fourth-order valence-electron chi connectivity index (χ4n) is 2.25. The monoisotopic (exact) mass is 308 g/mol. The molecule has 0 saturated heterocycles. The van der Waals surface area contributed by atoms with Crippen molar-refractivity contribution in [1.29, 1.82) is 0 Å². The standard InChI is InChI=1S/C16H24N2S2/c1-6-7-17-15(13-8-11(4)20-12(13)5)16-18-14(9-19-16)10(2)3/h8-10,15,17H,6-7H2,1-5H3. The van der Waals surface area contributed by atoms with Crippen LogP contribution in [0.4, 0.5) is 0 Å². The maximum absolute atomic E-state index is 4.85. The van der Waals surface area contributed by atoms with Gasteiger partial charge in [-0.15, -0.1) is 22.7 Å². The lowest BCUT2D eigenvalue weighted by Gasteiger charge is -2.16. The second-order valence-electron chi connectivity index (χ2n) is 5.52. The van der Waals surface area contributed by atoms with Crippen LogP contribution < -0.4 is 5.32 Å². The Bertz CT molecular complexity index is 555. The van der Waals surface area contributed by atoms with Crippen LogP contribution >= 0.6 is 22.7 Å². The fraction of sp³-hybridized carbons (Fsp3) is 0.562. The normalized spacial score (nSPS) is 13.1. The molecule has 1 unspecified atom stereocenters. The number of thiophene rings is 1. The van der Waals surface area contributed by atoms with Crippen LogP contribution in [-0.2, 0) is 0 Å². The van der Waals surface area contributed by atoms with Crippen molar-refractivity contribution in [3.63, 3.8) is 0 Å². The van der Waals surface area contributed by atoms with E-state index in [0.717, 1.165) is 13.0 Å². The summed E-state index contributed by atoms with van der Waals surface area (Å²) in [5.74, 6) is 0.497. The number of hydrogen-bond acceptors (Lipinski definition) is 4. The van der Waals surface area contributed by atoms with Gasteiger partial charge >= 0.3 is 0 Å². The van der Waals surface area contributed by atoms with E-state index in [1.54, 1.807) is 11.3 Å². The molecule has 0 amide bonds. The Labute approximate surface area is 130 Å².